The van der Waals surface area contributed by atoms with Crippen molar-refractivity contribution in [3.05, 3.63) is 33.9 Å². The lowest BCUT2D eigenvalue weighted by Crippen LogP contribution is -2.41. The zero-order chi connectivity index (χ0) is 18.3. The number of carbonyl (C=O) groups is 2. The van der Waals surface area contributed by atoms with Gasteiger partial charge in [0.25, 0.3) is 5.91 Å². The van der Waals surface area contributed by atoms with Crippen LogP contribution in [-0.2, 0) is 4.79 Å². The van der Waals surface area contributed by atoms with E-state index in [4.69, 9.17) is 4.74 Å². The standard InChI is InChI=1S/C16H23N3O5/c1-5-18(6-2)15(20)11-17(4)16(21)12-8-9-14(24-7-3)13(10-12)19(22)23/h8-10H,5-7,11H2,1-4H3. The second kappa shape index (κ2) is 8.85. The van der Waals surface area contributed by atoms with E-state index in [2.05, 4.69) is 0 Å². The van der Waals surface area contributed by atoms with Gasteiger partial charge in [0.05, 0.1) is 18.1 Å². The summed E-state index contributed by atoms with van der Waals surface area (Å²) in [6.07, 6.45) is 0. The van der Waals surface area contributed by atoms with Crippen molar-refractivity contribution in [2.24, 2.45) is 0 Å². The average Bonchev–Trinajstić information content (AvgIpc) is 2.55. The molecule has 0 spiro atoms. The number of hydrogen-bond donors (Lipinski definition) is 0. The molecule has 24 heavy (non-hydrogen) atoms. The molecule has 0 radical (unpaired) electrons. The van der Waals surface area contributed by atoms with Crippen LogP contribution in [0.1, 0.15) is 31.1 Å². The first-order valence-corrected chi connectivity index (χ1v) is 7.80. The van der Waals surface area contributed by atoms with Crippen LogP contribution in [0.5, 0.6) is 5.75 Å². The predicted octanol–water partition coefficient (Wildman–Crippen LogP) is 1.93. The van der Waals surface area contributed by atoms with Crippen molar-refractivity contribution in [1.29, 1.82) is 0 Å². The summed E-state index contributed by atoms with van der Waals surface area (Å²) in [6, 6.07) is 4.03. The van der Waals surface area contributed by atoms with E-state index in [1.54, 1.807) is 11.8 Å². The number of nitro benzene ring substituents is 1. The molecule has 0 aliphatic heterocycles. The lowest BCUT2D eigenvalue weighted by Gasteiger charge is -2.23. The van der Waals surface area contributed by atoms with E-state index in [0.29, 0.717) is 13.1 Å². The van der Waals surface area contributed by atoms with Gasteiger partial charge in [-0.25, -0.2) is 0 Å². The Morgan fingerprint density at radius 3 is 2.33 bits per heavy atom. The van der Waals surface area contributed by atoms with Crippen molar-refractivity contribution >= 4 is 17.5 Å². The van der Waals surface area contributed by atoms with Gasteiger partial charge >= 0.3 is 5.69 Å². The Hall–Kier alpha value is -2.64. The third kappa shape index (κ3) is 4.68. The number of amides is 2. The minimum absolute atomic E-state index is 0.0818. The second-order valence-electron chi connectivity index (χ2n) is 5.10. The SMILES string of the molecule is CCOc1ccc(C(=O)N(C)CC(=O)N(CC)CC)cc1[N+](=O)[O-]. The Morgan fingerprint density at radius 1 is 1.21 bits per heavy atom. The van der Waals surface area contributed by atoms with Crippen LogP contribution >= 0.6 is 0 Å². The highest BCUT2D eigenvalue weighted by atomic mass is 16.6. The van der Waals surface area contributed by atoms with Gasteiger partial charge < -0.3 is 14.5 Å². The van der Waals surface area contributed by atoms with Crippen molar-refractivity contribution in [3.8, 4) is 5.75 Å². The summed E-state index contributed by atoms with van der Waals surface area (Å²) in [4.78, 5) is 37.9. The number of carbonyl (C=O) groups excluding carboxylic acids is 2. The molecule has 0 saturated heterocycles. The summed E-state index contributed by atoms with van der Waals surface area (Å²) in [7, 11) is 1.49. The first-order chi connectivity index (χ1) is 11.3. The Balaban J connectivity index is 2.96. The molecular weight excluding hydrogens is 314 g/mol. The van der Waals surface area contributed by atoms with E-state index < -0.39 is 10.8 Å². The van der Waals surface area contributed by atoms with E-state index in [0.717, 1.165) is 0 Å². The molecule has 0 aromatic heterocycles. The van der Waals surface area contributed by atoms with Crippen LogP contribution in [0.2, 0.25) is 0 Å². The normalized spacial score (nSPS) is 10.2. The highest BCUT2D eigenvalue weighted by Gasteiger charge is 2.22. The minimum Gasteiger partial charge on any atom is -0.487 e. The largest absolute Gasteiger partial charge is 0.487 e. The number of likely N-dealkylation sites (N-methyl/N-ethyl adjacent to an activating group) is 2. The summed E-state index contributed by atoms with van der Waals surface area (Å²) >= 11 is 0. The van der Waals surface area contributed by atoms with Gasteiger partial charge in [0.1, 0.15) is 0 Å². The molecule has 0 heterocycles. The summed E-state index contributed by atoms with van der Waals surface area (Å²) in [5.41, 5.74) is -0.133. The van der Waals surface area contributed by atoms with Crippen molar-refractivity contribution in [3.63, 3.8) is 0 Å². The van der Waals surface area contributed by atoms with E-state index in [1.165, 1.54) is 30.1 Å². The highest BCUT2D eigenvalue weighted by Crippen LogP contribution is 2.28. The first kappa shape index (κ1) is 19.4. The maximum Gasteiger partial charge on any atom is 0.311 e. The van der Waals surface area contributed by atoms with Gasteiger partial charge in [-0.15, -0.1) is 0 Å². The molecule has 0 saturated carbocycles. The maximum absolute atomic E-state index is 12.4. The van der Waals surface area contributed by atoms with Crippen LogP contribution in [0.4, 0.5) is 5.69 Å². The molecule has 0 atom stereocenters. The van der Waals surface area contributed by atoms with Gasteiger partial charge in [0, 0.05) is 31.8 Å². The molecule has 132 valence electrons. The van der Waals surface area contributed by atoms with Crippen LogP contribution in [0, 0.1) is 10.1 Å². The molecule has 0 fully saturated rings. The predicted molar refractivity (Wildman–Crippen MR) is 89.2 cm³/mol. The van der Waals surface area contributed by atoms with Crippen LogP contribution < -0.4 is 4.74 Å². The van der Waals surface area contributed by atoms with E-state index >= 15 is 0 Å². The molecule has 8 heteroatoms. The van der Waals surface area contributed by atoms with E-state index in [9.17, 15) is 19.7 Å². The molecule has 1 rings (SSSR count). The Kier molecular flexibility index (Phi) is 7.16. The number of rotatable bonds is 8. The fourth-order valence-electron chi connectivity index (χ4n) is 2.24. The maximum atomic E-state index is 12.4. The molecule has 0 aliphatic carbocycles. The minimum atomic E-state index is -0.594. The summed E-state index contributed by atoms with van der Waals surface area (Å²) in [5, 5.41) is 11.1. The summed E-state index contributed by atoms with van der Waals surface area (Å²) in [6.45, 7) is 6.76. The molecule has 0 aliphatic rings. The molecule has 0 unspecified atom stereocenters. The lowest BCUT2D eigenvalue weighted by atomic mass is 10.1. The van der Waals surface area contributed by atoms with E-state index in [1.807, 2.05) is 13.8 Å². The summed E-state index contributed by atoms with van der Waals surface area (Å²) in [5.74, 6) is -0.515. The van der Waals surface area contributed by atoms with Crippen LogP contribution in [0.3, 0.4) is 0 Å². The fourth-order valence-corrected chi connectivity index (χ4v) is 2.24. The molecule has 1 aromatic carbocycles. The van der Waals surface area contributed by atoms with Gasteiger partial charge in [-0.2, -0.15) is 0 Å². The zero-order valence-electron chi connectivity index (χ0n) is 14.4. The zero-order valence-corrected chi connectivity index (χ0v) is 14.4. The number of hydrogen-bond acceptors (Lipinski definition) is 5. The van der Waals surface area contributed by atoms with Crippen LogP contribution in [0.25, 0.3) is 0 Å². The molecule has 1 aromatic rings. The Morgan fingerprint density at radius 2 is 1.83 bits per heavy atom. The number of nitrogens with zero attached hydrogens (tertiary/aromatic N) is 3. The number of benzene rings is 1. The molecule has 2 amide bonds. The highest BCUT2D eigenvalue weighted by molar-refractivity contribution is 5.97. The smallest absolute Gasteiger partial charge is 0.311 e. The number of ether oxygens (including phenoxy) is 1. The van der Waals surface area contributed by atoms with Gasteiger partial charge in [0.2, 0.25) is 5.91 Å². The second-order valence-corrected chi connectivity index (χ2v) is 5.10. The topological polar surface area (TPSA) is 93.0 Å². The van der Waals surface area contributed by atoms with Crippen molar-refractivity contribution in [1.82, 2.24) is 9.80 Å². The van der Waals surface area contributed by atoms with Gasteiger partial charge in [-0.3, -0.25) is 19.7 Å². The van der Waals surface area contributed by atoms with Crippen molar-refractivity contribution in [2.75, 3.05) is 33.3 Å². The number of nitro groups is 1. The third-order valence-electron chi connectivity index (χ3n) is 3.54. The van der Waals surface area contributed by atoms with Gasteiger partial charge in [-0.05, 0) is 32.9 Å². The van der Waals surface area contributed by atoms with Gasteiger partial charge in [-0.1, -0.05) is 0 Å². The molecule has 8 nitrogen and oxygen atoms in total. The monoisotopic (exact) mass is 337 g/mol. The summed E-state index contributed by atoms with van der Waals surface area (Å²) < 4.78 is 5.19. The quantitative estimate of drug-likeness (QED) is 0.534. The third-order valence-corrected chi connectivity index (χ3v) is 3.54. The van der Waals surface area contributed by atoms with Crippen molar-refractivity contribution < 1.29 is 19.2 Å². The molecular formula is C16H23N3O5. The van der Waals surface area contributed by atoms with E-state index in [-0.39, 0.29) is 36.1 Å². The molecule has 0 N–H and O–H groups in total. The Bertz CT molecular complexity index is 614. The van der Waals surface area contributed by atoms with Crippen LogP contribution in [0.15, 0.2) is 18.2 Å². The van der Waals surface area contributed by atoms with Crippen molar-refractivity contribution in [2.45, 2.75) is 20.8 Å². The lowest BCUT2D eigenvalue weighted by molar-refractivity contribution is -0.385. The van der Waals surface area contributed by atoms with Gasteiger partial charge in [0.15, 0.2) is 5.75 Å². The Labute approximate surface area is 141 Å². The first-order valence-electron chi connectivity index (χ1n) is 7.80. The average molecular weight is 337 g/mol. The van der Waals surface area contributed by atoms with Crippen LogP contribution in [-0.4, -0.2) is 59.8 Å². The fraction of sp³-hybridized carbons (Fsp3) is 0.500. The molecule has 0 bridgehead atoms.